The number of ether oxygens (including phenoxy) is 2. The summed E-state index contributed by atoms with van der Waals surface area (Å²) in [6.07, 6.45) is 2.27. The van der Waals surface area contributed by atoms with Crippen molar-refractivity contribution in [3.8, 4) is 5.75 Å². The molecular weight excluding hydrogens is 476 g/mol. The molecule has 2 unspecified atom stereocenters. The lowest BCUT2D eigenvalue weighted by Crippen LogP contribution is -2.45. The molecule has 7 nitrogen and oxygen atoms in total. The average molecular weight is 517 g/mol. The van der Waals surface area contributed by atoms with Crippen LogP contribution in [0.15, 0.2) is 59.5 Å². The molecule has 0 bridgehead atoms. The smallest absolute Gasteiger partial charge is 0.333 e. The lowest BCUT2D eigenvalue weighted by Gasteiger charge is -2.25. The number of carbonyl (C=O) groups is 2. The van der Waals surface area contributed by atoms with Crippen molar-refractivity contribution < 1.29 is 24.2 Å². The number of nitrogens with one attached hydrogen (secondary N) is 1. The van der Waals surface area contributed by atoms with Crippen LogP contribution in [-0.2, 0) is 16.0 Å². The molecule has 0 radical (unpaired) electrons. The van der Waals surface area contributed by atoms with Crippen LogP contribution in [0, 0.1) is 0 Å². The molecule has 2 aromatic carbocycles. The maximum Gasteiger partial charge on any atom is 0.333 e. The van der Waals surface area contributed by atoms with E-state index in [4.69, 9.17) is 9.47 Å². The number of carbonyl (C=O) groups excluding carboxylic acids is 1. The van der Waals surface area contributed by atoms with Crippen molar-refractivity contribution in [3.63, 3.8) is 0 Å². The van der Waals surface area contributed by atoms with Gasteiger partial charge in [-0.05, 0) is 68.7 Å². The monoisotopic (exact) mass is 516 g/mol. The summed E-state index contributed by atoms with van der Waals surface area (Å²) in [4.78, 5) is 27.2. The van der Waals surface area contributed by atoms with Crippen LogP contribution in [0.1, 0.15) is 45.6 Å². The standard InChI is InChI=1S/C28H40N2O5S/c1-4-22(3)29-28(33)30(17-9-10-20-36-25-11-7-6-8-12-25)18-19-35-24-15-13-23(14-16-24)21-26(27(31)32)34-5-2/h6-8,11-16,22,26H,4-5,9-10,17-21H2,1-3H3,(H,29,33)(H,31,32). The van der Waals surface area contributed by atoms with Gasteiger partial charge in [-0.1, -0.05) is 37.3 Å². The van der Waals surface area contributed by atoms with Crippen molar-refractivity contribution in [2.24, 2.45) is 0 Å². The minimum Gasteiger partial charge on any atom is -0.492 e. The number of carboxylic acids is 1. The summed E-state index contributed by atoms with van der Waals surface area (Å²) in [7, 11) is 0. The highest BCUT2D eigenvalue weighted by molar-refractivity contribution is 7.99. The second-order valence-corrected chi connectivity index (χ2v) is 9.76. The van der Waals surface area contributed by atoms with Gasteiger partial charge in [0, 0.05) is 30.5 Å². The second kappa shape index (κ2) is 16.9. The molecule has 0 aromatic heterocycles. The van der Waals surface area contributed by atoms with Gasteiger partial charge in [-0.25, -0.2) is 9.59 Å². The summed E-state index contributed by atoms with van der Waals surface area (Å²) in [5.41, 5.74) is 0.867. The number of rotatable bonds is 17. The van der Waals surface area contributed by atoms with E-state index in [0.29, 0.717) is 38.5 Å². The molecule has 2 N–H and O–H groups in total. The predicted molar refractivity (Wildman–Crippen MR) is 145 cm³/mol. The van der Waals surface area contributed by atoms with Crippen LogP contribution >= 0.6 is 11.8 Å². The van der Waals surface area contributed by atoms with E-state index in [2.05, 4.69) is 24.4 Å². The van der Waals surface area contributed by atoms with Crippen LogP contribution in [-0.4, -0.2) is 66.2 Å². The Kier molecular flexibility index (Phi) is 13.8. The van der Waals surface area contributed by atoms with Gasteiger partial charge in [0.2, 0.25) is 0 Å². The van der Waals surface area contributed by atoms with E-state index in [9.17, 15) is 14.7 Å². The molecule has 0 heterocycles. The van der Waals surface area contributed by atoms with Crippen molar-refractivity contribution in [1.29, 1.82) is 0 Å². The molecule has 0 aliphatic heterocycles. The zero-order valence-electron chi connectivity index (χ0n) is 21.7. The summed E-state index contributed by atoms with van der Waals surface area (Å²) in [6.45, 7) is 7.73. The molecule has 0 saturated heterocycles. The van der Waals surface area contributed by atoms with Gasteiger partial charge in [-0.2, -0.15) is 0 Å². The van der Waals surface area contributed by atoms with Crippen LogP contribution in [0.25, 0.3) is 0 Å². The Bertz CT molecular complexity index is 895. The fourth-order valence-corrected chi connectivity index (χ4v) is 4.39. The van der Waals surface area contributed by atoms with E-state index in [1.807, 2.05) is 66.1 Å². The second-order valence-electron chi connectivity index (χ2n) is 8.59. The third-order valence-corrected chi connectivity index (χ3v) is 6.82. The molecule has 2 rings (SSSR count). The first-order valence-corrected chi connectivity index (χ1v) is 13.7. The molecule has 0 fully saturated rings. The van der Waals surface area contributed by atoms with Crippen molar-refractivity contribution in [2.75, 3.05) is 32.1 Å². The molecular formula is C28H40N2O5S. The first-order chi connectivity index (χ1) is 17.4. The van der Waals surface area contributed by atoms with Crippen LogP contribution in [0.4, 0.5) is 4.79 Å². The van der Waals surface area contributed by atoms with Crippen molar-refractivity contribution in [2.45, 2.75) is 63.5 Å². The number of aliphatic carboxylic acids is 1. The van der Waals surface area contributed by atoms with Crippen molar-refractivity contribution in [1.82, 2.24) is 10.2 Å². The van der Waals surface area contributed by atoms with Gasteiger partial charge < -0.3 is 24.8 Å². The Morgan fingerprint density at radius 1 is 1.03 bits per heavy atom. The molecule has 198 valence electrons. The first kappa shape index (κ1) is 29.5. The van der Waals surface area contributed by atoms with Crippen molar-refractivity contribution in [3.05, 3.63) is 60.2 Å². The van der Waals surface area contributed by atoms with E-state index in [1.54, 1.807) is 6.92 Å². The van der Waals surface area contributed by atoms with Crippen LogP contribution in [0.3, 0.4) is 0 Å². The Balaban J connectivity index is 1.81. The quantitative estimate of drug-likeness (QED) is 0.214. The van der Waals surface area contributed by atoms with Gasteiger partial charge in [-0.3, -0.25) is 0 Å². The fourth-order valence-electron chi connectivity index (χ4n) is 3.46. The topological polar surface area (TPSA) is 88.1 Å². The number of hydrogen-bond acceptors (Lipinski definition) is 5. The zero-order valence-corrected chi connectivity index (χ0v) is 22.5. The Hall–Kier alpha value is -2.71. The largest absolute Gasteiger partial charge is 0.492 e. The van der Waals surface area contributed by atoms with Gasteiger partial charge in [0.05, 0.1) is 6.54 Å². The first-order valence-electron chi connectivity index (χ1n) is 12.7. The summed E-state index contributed by atoms with van der Waals surface area (Å²) in [5, 5.41) is 12.3. The van der Waals surface area contributed by atoms with E-state index < -0.39 is 12.1 Å². The third kappa shape index (κ3) is 11.4. The highest BCUT2D eigenvalue weighted by atomic mass is 32.2. The molecule has 0 spiro atoms. The van der Waals surface area contributed by atoms with E-state index in [-0.39, 0.29) is 12.1 Å². The number of carboxylic acid groups (broad SMARTS) is 1. The number of thioether (sulfide) groups is 1. The lowest BCUT2D eigenvalue weighted by molar-refractivity contribution is -0.149. The highest BCUT2D eigenvalue weighted by Gasteiger charge is 2.18. The SMILES string of the molecule is CCOC(Cc1ccc(OCCN(CCCCSc2ccccc2)C(=O)NC(C)CC)cc1)C(=O)O. The van der Waals surface area contributed by atoms with E-state index >= 15 is 0 Å². The maximum atomic E-state index is 12.8. The van der Waals surface area contributed by atoms with Crippen molar-refractivity contribution >= 4 is 23.8 Å². The Labute approximate surface area is 219 Å². The van der Waals surface area contributed by atoms with Crippen LogP contribution in [0.2, 0.25) is 0 Å². The van der Waals surface area contributed by atoms with Gasteiger partial charge in [0.15, 0.2) is 6.10 Å². The van der Waals surface area contributed by atoms with E-state index in [1.165, 1.54) is 4.90 Å². The minimum absolute atomic E-state index is 0.0605. The average Bonchev–Trinajstić information content (AvgIpc) is 2.88. The molecule has 2 aromatic rings. The minimum atomic E-state index is -0.966. The third-order valence-electron chi connectivity index (χ3n) is 5.72. The Morgan fingerprint density at radius 2 is 1.75 bits per heavy atom. The fraction of sp³-hybridized carbons (Fsp3) is 0.500. The molecule has 36 heavy (non-hydrogen) atoms. The van der Waals surface area contributed by atoms with Crippen LogP contribution in [0.5, 0.6) is 5.75 Å². The molecule has 0 aliphatic rings. The zero-order chi connectivity index (χ0) is 26.2. The normalized spacial score (nSPS) is 12.5. The van der Waals surface area contributed by atoms with E-state index in [0.717, 1.165) is 30.6 Å². The number of benzene rings is 2. The van der Waals surface area contributed by atoms with Crippen LogP contribution < -0.4 is 10.1 Å². The van der Waals surface area contributed by atoms with Gasteiger partial charge in [0.25, 0.3) is 0 Å². The summed E-state index contributed by atoms with van der Waals surface area (Å²) >= 11 is 1.83. The molecule has 2 amide bonds. The lowest BCUT2D eigenvalue weighted by atomic mass is 10.1. The summed E-state index contributed by atoms with van der Waals surface area (Å²) < 4.78 is 11.2. The number of nitrogens with zero attached hydrogens (tertiary/aromatic N) is 1. The number of urea groups is 1. The number of amides is 2. The molecule has 0 aliphatic carbocycles. The highest BCUT2D eigenvalue weighted by Crippen LogP contribution is 2.19. The van der Waals surface area contributed by atoms with Gasteiger partial charge in [-0.15, -0.1) is 11.8 Å². The predicted octanol–water partition coefficient (Wildman–Crippen LogP) is 5.48. The van der Waals surface area contributed by atoms with Gasteiger partial charge in [0.1, 0.15) is 12.4 Å². The molecule has 2 atom stereocenters. The van der Waals surface area contributed by atoms with Gasteiger partial charge >= 0.3 is 12.0 Å². The summed E-state index contributed by atoms with van der Waals surface area (Å²) in [5.74, 6) is 0.731. The number of unbranched alkanes of at least 4 members (excludes halogenated alkanes) is 1. The molecule has 8 heteroatoms. The number of hydrogen-bond donors (Lipinski definition) is 2. The summed E-state index contributed by atoms with van der Waals surface area (Å²) in [6, 6.07) is 17.7. The Morgan fingerprint density at radius 3 is 2.39 bits per heavy atom. The molecule has 0 saturated carbocycles. The maximum absolute atomic E-state index is 12.8.